The van der Waals surface area contributed by atoms with Crippen molar-refractivity contribution in [3.8, 4) is 0 Å². The fourth-order valence-corrected chi connectivity index (χ4v) is 1.60. The minimum Gasteiger partial charge on any atom is -0.324 e. The van der Waals surface area contributed by atoms with Crippen LogP contribution in [0, 0.1) is 17.5 Å². The van der Waals surface area contributed by atoms with Crippen molar-refractivity contribution in [1.82, 2.24) is 0 Å². The van der Waals surface area contributed by atoms with E-state index in [1.165, 1.54) is 6.26 Å². The molecule has 0 aliphatic carbocycles. The molecule has 0 heterocycles. The smallest absolute Gasteiger partial charge is 0.179 e. The van der Waals surface area contributed by atoms with Crippen LogP contribution in [0.15, 0.2) is 11.0 Å². The Labute approximate surface area is 88.6 Å². The first-order valence-corrected chi connectivity index (χ1v) is 5.20. The lowest BCUT2D eigenvalue weighted by Crippen LogP contribution is -2.16. The summed E-state index contributed by atoms with van der Waals surface area (Å²) in [5.74, 6) is -4.49. The highest BCUT2D eigenvalue weighted by Gasteiger charge is 2.21. The molecular weight excluding hydrogens is 227 g/mol. The molecule has 0 amide bonds. The van der Waals surface area contributed by atoms with Gasteiger partial charge in [-0.05, 0) is 12.3 Å². The summed E-state index contributed by atoms with van der Waals surface area (Å²) in [4.78, 5) is 10.6. The van der Waals surface area contributed by atoms with Crippen LogP contribution in [-0.2, 0) is 0 Å². The highest BCUT2D eigenvalue weighted by molar-refractivity contribution is 7.98. The van der Waals surface area contributed by atoms with Crippen molar-refractivity contribution < 1.29 is 18.0 Å². The third-order valence-corrected chi connectivity index (χ3v) is 2.59. The van der Waals surface area contributed by atoms with E-state index in [0.717, 1.165) is 11.8 Å². The molecule has 1 aromatic carbocycles. The Hall–Kier alpha value is -1.01. The highest BCUT2D eigenvalue weighted by Crippen LogP contribution is 2.27. The van der Waals surface area contributed by atoms with Crippen LogP contribution in [0.25, 0.3) is 0 Å². The molecule has 0 radical (unpaired) electrons. The molecule has 0 atom stereocenters. The van der Waals surface area contributed by atoms with Gasteiger partial charge in [0, 0.05) is 0 Å². The minimum absolute atomic E-state index is 0.443. The van der Waals surface area contributed by atoms with Gasteiger partial charge in [-0.25, -0.2) is 13.2 Å². The van der Waals surface area contributed by atoms with Gasteiger partial charge in [-0.15, -0.1) is 11.8 Å². The van der Waals surface area contributed by atoms with Gasteiger partial charge in [0.1, 0.15) is 5.82 Å². The van der Waals surface area contributed by atoms with Crippen LogP contribution in [0.3, 0.4) is 0 Å². The Balaban J connectivity index is 3.40. The number of nitrogens with two attached hydrogens (primary N) is 1. The zero-order valence-corrected chi connectivity index (χ0v) is 8.63. The van der Waals surface area contributed by atoms with Gasteiger partial charge in [0.05, 0.1) is 17.0 Å². The van der Waals surface area contributed by atoms with E-state index >= 15 is 0 Å². The second-order valence-electron chi connectivity index (χ2n) is 2.69. The van der Waals surface area contributed by atoms with Gasteiger partial charge in [-0.1, -0.05) is 0 Å². The Morgan fingerprint density at radius 2 is 2.00 bits per heavy atom. The lowest BCUT2D eigenvalue weighted by Gasteiger charge is -2.06. The number of rotatable bonds is 3. The molecule has 2 nitrogen and oxygen atoms in total. The van der Waals surface area contributed by atoms with Gasteiger partial charge >= 0.3 is 0 Å². The van der Waals surface area contributed by atoms with Crippen molar-refractivity contribution >= 4 is 17.5 Å². The maximum absolute atomic E-state index is 13.2. The zero-order valence-electron chi connectivity index (χ0n) is 7.81. The fourth-order valence-electron chi connectivity index (χ4n) is 1.08. The quantitative estimate of drug-likeness (QED) is 0.495. The highest BCUT2D eigenvalue weighted by atomic mass is 32.2. The first kappa shape index (κ1) is 12.1. The van der Waals surface area contributed by atoms with Crippen molar-refractivity contribution in [2.75, 3.05) is 12.8 Å². The number of ketones is 1. The minimum atomic E-state index is -1.35. The summed E-state index contributed by atoms with van der Waals surface area (Å²) in [6, 6.07) is 0.666. The summed E-state index contributed by atoms with van der Waals surface area (Å²) < 4.78 is 39.6. The largest absolute Gasteiger partial charge is 0.324 e. The molecule has 0 saturated carbocycles. The SMILES string of the molecule is CSc1c(F)cc(C(=O)CN)c(F)c1F. The molecule has 15 heavy (non-hydrogen) atoms. The molecule has 0 fully saturated rings. The molecule has 0 saturated heterocycles. The maximum atomic E-state index is 13.2. The van der Waals surface area contributed by atoms with E-state index in [4.69, 9.17) is 5.73 Å². The number of thioether (sulfide) groups is 1. The molecule has 0 aliphatic heterocycles. The Kier molecular flexibility index (Phi) is 3.76. The number of hydrogen-bond donors (Lipinski definition) is 1. The van der Waals surface area contributed by atoms with Gasteiger partial charge in [0.25, 0.3) is 0 Å². The van der Waals surface area contributed by atoms with Crippen molar-refractivity contribution in [2.45, 2.75) is 4.90 Å². The lowest BCUT2D eigenvalue weighted by atomic mass is 10.1. The number of hydrogen-bond acceptors (Lipinski definition) is 3. The Morgan fingerprint density at radius 3 is 2.47 bits per heavy atom. The second kappa shape index (κ2) is 4.67. The van der Waals surface area contributed by atoms with Crippen LogP contribution >= 0.6 is 11.8 Å². The zero-order chi connectivity index (χ0) is 11.6. The molecule has 2 N–H and O–H groups in total. The van der Waals surface area contributed by atoms with Gasteiger partial charge < -0.3 is 5.73 Å². The van der Waals surface area contributed by atoms with E-state index < -0.39 is 40.2 Å². The molecule has 0 aliphatic rings. The standard InChI is InChI=1S/C9H8F3NOS/c1-15-9-5(10)2-4(6(14)3-13)7(11)8(9)12/h2H,3,13H2,1H3. The lowest BCUT2D eigenvalue weighted by molar-refractivity contribution is 0.0995. The van der Waals surface area contributed by atoms with E-state index in [-0.39, 0.29) is 0 Å². The van der Waals surface area contributed by atoms with Crippen molar-refractivity contribution in [1.29, 1.82) is 0 Å². The van der Waals surface area contributed by atoms with Gasteiger partial charge in [0.2, 0.25) is 0 Å². The molecule has 6 heteroatoms. The second-order valence-corrected chi connectivity index (χ2v) is 3.51. The predicted molar refractivity (Wildman–Crippen MR) is 51.5 cm³/mol. The number of carbonyl (C=O) groups is 1. The molecule has 1 rings (SSSR count). The number of carbonyl (C=O) groups excluding carboxylic acids is 1. The molecule has 0 aromatic heterocycles. The summed E-state index contributed by atoms with van der Waals surface area (Å²) in [7, 11) is 0. The first-order chi connectivity index (χ1) is 7.02. The summed E-state index contributed by atoms with van der Waals surface area (Å²) in [6.07, 6.45) is 1.41. The van der Waals surface area contributed by atoms with E-state index in [1.807, 2.05) is 0 Å². The normalized spacial score (nSPS) is 10.5. The molecule has 0 bridgehead atoms. The van der Waals surface area contributed by atoms with Crippen LogP contribution in [-0.4, -0.2) is 18.6 Å². The number of benzene rings is 1. The molecule has 82 valence electrons. The molecule has 0 spiro atoms. The average Bonchev–Trinajstić information content (AvgIpc) is 2.23. The van der Waals surface area contributed by atoms with Crippen molar-refractivity contribution in [3.05, 3.63) is 29.1 Å². The van der Waals surface area contributed by atoms with E-state index in [9.17, 15) is 18.0 Å². The molecule has 1 aromatic rings. The van der Waals surface area contributed by atoms with Crippen molar-refractivity contribution in [3.63, 3.8) is 0 Å². The molecular formula is C9H8F3NOS. The monoisotopic (exact) mass is 235 g/mol. The van der Waals surface area contributed by atoms with E-state index in [1.54, 1.807) is 0 Å². The Morgan fingerprint density at radius 1 is 1.40 bits per heavy atom. The van der Waals surface area contributed by atoms with Crippen LogP contribution in [0.4, 0.5) is 13.2 Å². The summed E-state index contributed by atoms with van der Waals surface area (Å²) in [6.45, 7) is -0.492. The van der Waals surface area contributed by atoms with Gasteiger partial charge in [0.15, 0.2) is 17.4 Å². The Bertz CT molecular complexity index is 409. The van der Waals surface area contributed by atoms with Gasteiger partial charge in [-0.2, -0.15) is 0 Å². The average molecular weight is 235 g/mol. The van der Waals surface area contributed by atoms with Crippen LogP contribution in [0.5, 0.6) is 0 Å². The molecule has 0 unspecified atom stereocenters. The third-order valence-electron chi connectivity index (χ3n) is 1.81. The van der Waals surface area contributed by atoms with Gasteiger partial charge in [-0.3, -0.25) is 4.79 Å². The topological polar surface area (TPSA) is 43.1 Å². The fraction of sp³-hybridized carbons (Fsp3) is 0.222. The van der Waals surface area contributed by atoms with Crippen LogP contribution < -0.4 is 5.73 Å². The number of Topliss-reactive ketones (excluding diaryl/α,β-unsaturated/α-hetero) is 1. The van der Waals surface area contributed by atoms with Crippen LogP contribution in [0.1, 0.15) is 10.4 Å². The van der Waals surface area contributed by atoms with Crippen molar-refractivity contribution in [2.24, 2.45) is 5.73 Å². The maximum Gasteiger partial charge on any atom is 0.179 e. The van der Waals surface area contributed by atoms with E-state index in [0.29, 0.717) is 6.07 Å². The van der Waals surface area contributed by atoms with Crippen LogP contribution in [0.2, 0.25) is 0 Å². The number of halogens is 3. The summed E-state index contributed by atoms with van der Waals surface area (Å²) >= 11 is 0.732. The summed E-state index contributed by atoms with van der Waals surface area (Å²) in [5.41, 5.74) is 4.33. The van der Waals surface area contributed by atoms with E-state index in [2.05, 4.69) is 0 Å². The predicted octanol–water partition coefficient (Wildman–Crippen LogP) is 1.97. The third kappa shape index (κ3) is 2.15. The summed E-state index contributed by atoms with van der Waals surface area (Å²) in [5, 5.41) is 0. The first-order valence-electron chi connectivity index (χ1n) is 3.97.